The van der Waals surface area contributed by atoms with Crippen LogP contribution in [0.15, 0.2) is 29.0 Å². The average Bonchev–Trinajstić information content (AvgIpc) is 3.32. The van der Waals surface area contributed by atoms with Gasteiger partial charge in [0, 0.05) is 50.1 Å². The molecule has 6 N–H and O–H groups in total. The maximum atomic E-state index is 11.7. The van der Waals surface area contributed by atoms with E-state index in [2.05, 4.69) is 33.5 Å². The van der Waals surface area contributed by atoms with Crippen LogP contribution in [0.3, 0.4) is 0 Å². The summed E-state index contributed by atoms with van der Waals surface area (Å²) < 4.78 is 0.558. The van der Waals surface area contributed by atoms with Crippen LogP contribution in [0.1, 0.15) is 49.0 Å². The first-order valence-electron chi connectivity index (χ1n) is 11.1. The van der Waals surface area contributed by atoms with Crippen molar-refractivity contribution in [1.82, 2.24) is 15.6 Å². The number of likely N-dealkylation sites (N-methyl/N-ethyl adjacent to an activating group) is 1. The molecule has 1 aliphatic rings. The second-order valence-electron chi connectivity index (χ2n) is 8.09. The number of aliphatic hydroxyl groups excluding tert-OH is 1. The largest absolute Gasteiger partial charge is 0.398 e. The highest BCUT2D eigenvalue weighted by molar-refractivity contribution is 7.71. The molecule has 32 heavy (non-hydrogen) atoms. The monoisotopic (exact) mass is 475 g/mol. The molecule has 2 aromatic rings. The molecule has 1 saturated heterocycles. The lowest BCUT2D eigenvalue weighted by atomic mass is 10.0. The van der Waals surface area contributed by atoms with Gasteiger partial charge in [-0.3, -0.25) is 4.79 Å². The number of rotatable bonds is 9. The normalized spacial score (nSPS) is 16.2. The fourth-order valence-electron chi connectivity index (χ4n) is 4.02. The lowest BCUT2D eigenvalue weighted by molar-refractivity contribution is -0.116. The molecular formula is C23H33N5O2S2. The first-order chi connectivity index (χ1) is 15.4. The summed E-state index contributed by atoms with van der Waals surface area (Å²) in [7, 11) is 1.57. The molecule has 0 saturated carbocycles. The minimum absolute atomic E-state index is 0.248. The van der Waals surface area contributed by atoms with Crippen LogP contribution in [0.4, 0.5) is 5.82 Å². The second-order valence-corrected chi connectivity index (χ2v) is 9.28. The Morgan fingerprint density at radius 2 is 2.22 bits per heavy atom. The zero-order chi connectivity index (χ0) is 23.1. The Kier molecular flexibility index (Phi) is 8.86. The number of hydrogen-bond donors (Lipinski definition) is 5. The maximum Gasteiger partial charge on any atom is 0.245 e. The molecule has 0 spiro atoms. The standard InChI is InChI=1S/C23H33N5O2S2/c1-3-4-15-11-20(27-23(31)22(15)18(24)12-21(30)25-2)28-8-5-17(6-9-28)26-13-19(29)16-7-10-32-14-16/h7,10-12,14,17,19,26,29H,3-6,8-9,13,24H2,1-2H3,(H,25,30)(H,27,31)/b18-12-. The number of carbonyl (C=O) groups excluding carboxylic acids is 1. The summed E-state index contributed by atoms with van der Waals surface area (Å²) in [6, 6.07) is 4.46. The lowest BCUT2D eigenvalue weighted by Gasteiger charge is -2.34. The number of anilines is 1. The molecule has 0 bridgehead atoms. The van der Waals surface area contributed by atoms with Gasteiger partial charge in [-0.25, -0.2) is 0 Å². The summed E-state index contributed by atoms with van der Waals surface area (Å²) in [5, 5.41) is 20.3. The van der Waals surface area contributed by atoms with Gasteiger partial charge in [0.1, 0.15) is 10.5 Å². The van der Waals surface area contributed by atoms with Gasteiger partial charge in [0.2, 0.25) is 5.91 Å². The van der Waals surface area contributed by atoms with Gasteiger partial charge >= 0.3 is 0 Å². The average molecular weight is 476 g/mol. The van der Waals surface area contributed by atoms with Crippen LogP contribution in [-0.4, -0.2) is 48.7 Å². The lowest BCUT2D eigenvalue weighted by Crippen LogP contribution is -2.44. The van der Waals surface area contributed by atoms with Gasteiger partial charge in [-0.05, 0) is 53.3 Å². The summed E-state index contributed by atoms with van der Waals surface area (Å²) in [4.78, 5) is 17.4. The zero-order valence-corrected chi connectivity index (χ0v) is 20.3. The van der Waals surface area contributed by atoms with E-state index in [1.807, 2.05) is 16.8 Å². The minimum atomic E-state index is -0.465. The minimum Gasteiger partial charge on any atom is -0.398 e. The molecule has 1 aliphatic heterocycles. The van der Waals surface area contributed by atoms with Gasteiger partial charge in [-0.15, -0.1) is 0 Å². The Balaban J connectivity index is 1.66. The number of nitrogens with two attached hydrogens (primary N) is 1. The summed E-state index contributed by atoms with van der Waals surface area (Å²) in [5.74, 6) is 0.744. The molecule has 1 atom stereocenters. The molecule has 2 aromatic heterocycles. The van der Waals surface area contributed by atoms with Gasteiger partial charge in [0.25, 0.3) is 0 Å². The fraction of sp³-hybridized carbons (Fsp3) is 0.478. The zero-order valence-electron chi connectivity index (χ0n) is 18.7. The van der Waals surface area contributed by atoms with E-state index >= 15 is 0 Å². The molecule has 1 fully saturated rings. The second kappa shape index (κ2) is 11.6. The fourth-order valence-corrected chi connectivity index (χ4v) is 5.08. The van der Waals surface area contributed by atoms with Crippen LogP contribution in [0, 0.1) is 4.64 Å². The summed E-state index contributed by atoms with van der Waals surface area (Å²) >= 11 is 7.24. The number of pyridine rings is 1. The van der Waals surface area contributed by atoms with Gasteiger partial charge in [-0.2, -0.15) is 11.3 Å². The van der Waals surface area contributed by atoms with Crippen LogP contribution in [-0.2, 0) is 11.2 Å². The number of aliphatic hydroxyl groups is 1. The number of H-pyrrole nitrogens is 1. The maximum absolute atomic E-state index is 11.7. The molecule has 0 radical (unpaired) electrons. The first-order valence-corrected chi connectivity index (χ1v) is 12.4. The van der Waals surface area contributed by atoms with Gasteiger partial charge < -0.3 is 31.4 Å². The number of aryl methyl sites for hydroxylation is 1. The van der Waals surface area contributed by atoms with E-state index in [9.17, 15) is 9.90 Å². The number of amides is 1. The number of nitrogens with one attached hydrogen (secondary N) is 3. The van der Waals surface area contributed by atoms with Crippen molar-refractivity contribution >= 4 is 41.0 Å². The van der Waals surface area contributed by atoms with E-state index in [0.717, 1.165) is 61.3 Å². The van der Waals surface area contributed by atoms with E-state index < -0.39 is 6.10 Å². The van der Waals surface area contributed by atoms with E-state index in [4.69, 9.17) is 18.0 Å². The van der Waals surface area contributed by atoms with Crippen LogP contribution in [0.2, 0.25) is 0 Å². The third-order valence-corrected chi connectivity index (χ3v) is 6.81. The third-order valence-electron chi connectivity index (χ3n) is 5.81. The van der Waals surface area contributed by atoms with E-state index in [-0.39, 0.29) is 5.91 Å². The van der Waals surface area contributed by atoms with Crippen molar-refractivity contribution in [2.75, 3.05) is 31.6 Å². The number of aromatic amines is 1. The SMILES string of the molecule is CCCc1cc(N2CCC(NCC(O)c3ccsc3)CC2)[nH]c(=S)c1/C(N)=C/C(=O)NC. The van der Waals surface area contributed by atoms with Crippen LogP contribution in [0.5, 0.6) is 0 Å². The first kappa shape index (κ1) is 24.4. The highest BCUT2D eigenvalue weighted by atomic mass is 32.1. The smallest absolute Gasteiger partial charge is 0.245 e. The van der Waals surface area contributed by atoms with Crippen molar-refractivity contribution < 1.29 is 9.90 Å². The Bertz CT molecular complexity index is 979. The number of thiophene rings is 1. The molecule has 0 aliphatic carbocycles. The van der Waals surface area contributed by atoms with Crippen LogP contribution >= 0.6 is 23.6 Å². The van der Waals surface area contributed by atoms with Crippen molar-refractivity contribution in [3.05, 3.63) is 50.3 Å². The molecule has 7 nitrogen and oxygen atoms in total. The Morgan fingerprint density at radius 3 is 2.84 bits per heavy atom. The predicted molar refractivity (Wildman–Crippen MR) is 134 cm³/mol. The molecule has 9 heteroatoms. The number of piperidine rings is 1. The van der Waals surface area contributed by atoms with Crippen molar-refractivity contribution in [3.8, 4) is 0 Å². The molecule has 1 unspecified atom stereocenters. The summed E-state index contributed by atoms with van der Waals surface area (Å²) in [5.41, 5.74) is 9.37. The molecule has 0 aromatic carbocycles. The molecule has 3 heterocycles. The van der Waals surface area contributed by atoms with Crippen molar-refractivity contribution in [2.45, 2.75) is 44.8 Å². The highest BCUT2D eigenvalue weighted by Gasteiger charge is 2.22. The topological polar surface area (TPSA) is 106 Å². The van der Waals surface area contributed by atoms with Crippen LogP contribution < -0.4 is 21.3 Å². The van der Waals surface area contributed by atoms with Crippen molar-refractivity contribution in [2.24, 2.45) is 5.73 Å². The van der Waals surface area contributed by atoms with Crippen molar-refractivity contribution in [3.63, 3.8) is 0 Å². The molecule has 1 amide bonds. The summed E-state index contributed by atoms with van der Waals surface area (Å²) in [6.45, 7) is 4.47. The van der Waals surface area contributed by atoms with Crippen molar-refractivity contribution in [1.29, 1.82) is 0 Å². The Labute approximate surface area is 198 Å². The van der Waals surface area contributed by atoms with E-state index in [1.54, 1.807) is 18.4 Å². The quantitative estimate of drug-likeness (QED) is 0.282. The number of carbonyl (C=O) groups is 1. The van der Waals surface area contributed by atoms with E-state index in [1.165, 1.54) is 6.08 Å². The van der Waals surface area contributed by atoms with Gasteiger partial charge in [-0.1, -0.05) is 25.6 Å². The number of aromatic nitrogens is 1. The number of hydrogen-bond acceptors (Lipinski definition) is 7. The number of nitrogens with zero attached hydrogens (tertiary/aromatic N) is 1. The van der Waals surface area contributed by atoms with Gasteiger partial charge in [0.05, 0.1) is 6.10 Å². The van der Waals surface area contributed by atoms with Crippen LogP contribution in [0.25, 0.3) is 5.70 Å². The Morgan fingerprint density at radius 1 is 1.47 bits per heavy atom. The molecule has 174 valence electrons. The third kappa shape index (κ3) is 6.19. The predicted octanol–water partition coefficient (Wildman–Crippen LogP) is 3.10. The van der Waals surface area contributed by atoms with Gasteiger partial charge in [0.15, 0.2) is 0 Å². The Hall–Kier alpha value is -2.20. The highest BCUT2D eigenvalue weighted by Crippen LogP contribution is 2.26. The van der Waals surface area contributed by atoms with E-state index in [0.29, 0.717) is 22.9 Å². The molecular weight excluding hydrogens is 442 g/mol. The summed E-state index contributed by atoms with van der Waals surface area (Å²) in [6.07, 6.45) is 4.69. The molecule has 3 rings (SSSR count).